The summed E-state index contributed by atoms with van der Waals surface area (Å²) in [5.74, 6) is -0.156. The molecule has 1 atom stereocenters. The zero-order chi connectivity index (χ0) is 12.8. The minimum atomic E-state index is -0.182. The molecular weight excluding hydrogens is 333 g/mol. The maximum Gasteiger partial charge on any atom is 0.267 e. The molecule has 1 unspecified atom stereocenters. The van der Waals surface area contributed by atoms with Gasteiger partial charge in [-0.15, -0.1) is 0 Å². The Balaban J connectivity index is 2.62. The highest BCUT2D eigenvalue weighted by molar-refractivity contribution is 14.1. The first-order valence-corrected chi connectivity index (χ1v) is 6.61. The topological polar surface area (TPSA) is 64.0 Å². The molecule has 5 nitrogen and oxygen atoms in total. The van der Waals surface area contributed by atoms with Crippen LogP contribution in [0.3, 0.4) is 0 Å². The molecule has 94 valence electrons. The van der Waals surface area contributed by atoms with Crippen LogP contribution in [0.5, 0.6) is 0 Å². The molecule has 0 spiro atoms. The lowest BCUT2D eigenvalue weighted by Gasteiger charge is -2.13. The minimum absolute atomic E-state index is 0.0245. The lowest BCUT2D eigenvalue weighted by molar-refractivity contribution is -0.122. The van der Waals surface area contributed by atoms with Gasteiger partial charge in [0, 0.05) is 12.2 Å². The molecule has 1 N–H and O–H groups in total. The first kappa shape index (κ1) is 14.1. The molecule has 17 heavy (non-hydrogen) atoms. The average Bonchev–Trinajstić information content (AvgIpc) is 2.25. The zero-order valence-electron chi connectivity index (χ0n) is 9.94. The SMILES string of the molecule is CCCC(C)NC(=O)Cn1cncc(I)c1=O. The van der Waals surface area contributed by atoms with Gasteiger partial charge < -0.3 is 5.32 Å². The third-order valence-corrected chi connectivity index (χ3v) is 3.04. The Kier molecular flexibility index (Phi) is 5.60. The highest BCUT2D eigenvalue weighted by Gasteiger charge is 2.09. The summed E-state index contributed by atoms with van der Waals surface area (Å²) < 4.78 is 1.83. The quantitative estimate of drug-likeness (QED) is 0.812. The molecule has 0 aliphatic heterocycles. The van der Waals surface area contributed by atoms with Gasteiger partial charge in [-0.05, 0) is 35.9 Å². The number of hydrogen-bond donors (Lipinski definition) is 1. The van der Waals surface area contributed by atoms with Crippen LogP contribution in [0.1, 0.15) is 26.7 Å². The summed E-state index contributed by atoms with van der Waals surface area (Å²) in [5.41, 5.74) is -0.182. The molecule has 0 bridgehead atoms. The van der Waals surface area contributed by atoms with Crippen molar-refractivity contribution in [3.63, 3.8) is 0 Å². The molecule has 0 saturated heterocycles. The molecule has 6 heteroatoms. The van der Waals surface area contributed by atoms with Crippen LogP contribution in [0.25, 0.3) is 0 Å². The van der Waals surface area contributed by atoms with Crippen molar-refractivity contribution in [2.75, 3.05) is 0 Å². The minimum Gasteiger partial charge on any atom is -0.352 e. The third-order valence-electron chi connectivity index (χ3n) is 2.30. The summed E-state index contributed by atoms with van der Waals surface area (Å²) in [6.45, 7) is 4.05. The van der Waals surface area contributed by atoms with Crippen molar-refractivity contribution in [2.24, 2.45) is 0 Å². The van der Waals surface area contributed by atoms with Crippen LogP contribution in [0.15, 0.2) is 17.3 Å². The van der Waals surface area contributed by atoms with Gasteiger partial charge >= 0.3 is 0 Å². The number of aromatic nitrogens is 2. The van der Waals surface area contributed by atoms with E-state index in [1.807, 2.05) is 29.5 Å². The summed E-state index contributed by atoms with van der Waals surface area (Å²) in [6, 6.07) is 0.138. The van der Waals surface area contributed by atoms with Crippen LogP contribution in [0.4, 0.5) is 0 Å². The molecule has 0 fully saturated rings. The Labute approximate surface area is 114 Å². The number of nitrogens with one attached hydrogen (secondary N) is 1. The van der Waals surface area contributed by atoms with E-state index in [1.165, 1.54) is 17.1 Å². The molecule has 1 amide bonds. The largest absolute Gasteiger partial charge is 0.352 e. The summed E-state index contributed by atoms with van der Waals surface area (Å²) in [7, 11) is 0. The molecular formula is C11H16IN3O2. The van der Waals surface area contributed by atoms with Gasteiger partial charge in [0.15, 0.2) is 0 Å². The Morgan fingerprint density at radius 2 is 2.35 bits per heavy atom. The molecule has 0 radical (unpaired) electrons. The van der Waals surface area contributed by atoms with E-state index >= 15 is 0 Å². The van der Waals surface area contributed by atoms with Crippen LogP contribution < -0.4 is 10.9 Å². The average molecular weight is 349 g/mol. The van der Waals surface area contributed by atoms with Crippen LogP contribution in [0.2, 0.25) is 0 Å². The fraction of sp³-hybridized carbons (Fsp3) is 0.545. The predicted octanol–water partition coefficient (Wildman–Crippen LogP) is 1.15. The summed E-state index contributed by atoms with van der Waals surface area (Å²) >= 11 is 1.91. The van der Waals surface area contributed by atoms with E-state index in [1.54, 1.807) is 0 Å². The standard InChI is InChI=1S/C11H16IN3O2/c1-3-4-8(2)14-10(16)6-15-7-13-5-9(12)11(15)17/h5,7-8H,3-4,6H2,1-2H3,(H,14,16). The number of carbonyl (C=O) groups is 1. The Hall–Kier alpha value is -0.920. The van der Waals surface area contributed by atoms with Crippen LogP contribution in [0, 0.1) is 3.57 Å². The number of nitrogens with zero attached hydrogens (tertiary/aromatic N) is 2. The maximum absolute atomic E-state index is 11.7. The predicted molar refractivity (Wildman–Crippen MR) is 73.7 cm³/mol. The molecule has 0 aliphatic rings. The van der Waals surface area contributed by atoms with Gasteiger partial charge in [0.2, 0.25) is 5.91 Å². The van der Waals surface area contributed by atoms with E-state index in [0.717, 1.165) is 12.8 Å². The van der Waals surface area contributed by atoms with E-state index < -0.39 is 0 Å². The van der Waals surface area contributed by atoms with Gasteiger partial charge in [-0.25, -0.2) is 4.98 Å². The van der Waals surface area contributed by atoms with Crippen molar-refractivity contribution in [2.45, 2.75) is 39.3 Å². The summed E-state index contributed by atoms with van der Waals surface area (Å²) in [4.78, 5) is 27.2. The number of hydrogen-bond acceptors (Lipinski definition) is 3. The lowest BCUT2D eigenvalue weighted by atomic mass is 10.2. The molecule has 1 rings (SSSR count). The summed E-state index contributed by atoms with van der Waals surface area (Å²) in [6.07, 6.45) is 4.82. The first-order valence-electron chi connectivity index (χ1n) is 5.54. The van der Waals surface area contributed by atoms with E-state index in [0.29, 0.717) is 3.57 Å². The number of amides is 1. The maximum atomic E-state index is 11.7. The monoisotopic (exact) mass is 349 g/mol. The fourth-order valence-corrected chi connectivity index (χ4v) is 1.99. The van der Waals surface area contributed by atoms with Gasteiger partial charge in [-0.2, -0.15) is 0 Å². The van der Waals surface area contributed by atoms with Gasteiger partial charge in [0.1, 0.15) is 6.54 Å². The van der Waals surface area contributed by atoms with Gasteiger partial charge in [0.05, 0.1) is 9.90 Å². The Morgan fingerprint density at radius 1 is 1.65 bits per heavy atom. The van der Waals surface area contributed by atoms with Crippen molar-refractivity contribution >= 4 is 28.5 Å². The van der Waals surface area contributed by atoms with Crippen molar-refractivity contribution in [1.29, 1.82) is 0 Å². The van der Waals surface area contributed by atoms with Crippen molar-refractivity contribution in [3.05, 3.63) is 26.4 Å². The van der Waals surface area contributed by atoms with E-state index in [2.05, 4.69) is 17.2 Å². The lowest BCUT2D eigenvalue weighted by Crippen LogP contribution is -2.37. The van der Waals surface area contributed by atoms with Crippen molar-refractivity contribution < 1.29 is 4.79 Å². The second kappa shape index (κ2) is 6.73. The zero-order valence-corrected chi connectivity index (χ0v) is 12.1. The summed E-state index contributed by atoms with van der Waals surface area (Å²) in [5, 5.41) is 2.85. The van der Waals surface area contributed by atoms with E-state index in [-0.39, 0.29) is 24.1 Å². The number of rotatable bonds is 5. The Bertz CT molecular complexity index is 445. The molecule has 1 aromatic heterocycles. The molecule has 1 heterocycles. The molecule has 1 aromatic rings. The van der Waals surface area contributed by atoms with Crippen LogP contribution in [-0.2, 0) is 11.3 Å². The fourth-order valence-electron chi connectivity index (χ4n) is 1.52. The normalized spacial score (nSPS) is 12.2. The number of carbonyl (C=O) groups excluding carboxylic acids is 1. The van der Waals surface area contributed by atoms with E-state index in [4.69, 9.17) is 0 Å². The second-order valence-corrected chi connectivity index (χ2v) is 5.09. The smallest absolute Gasteiger partial charge is 0.267 e. The molecule has 0 saturated carbocycles. The molecule has 0 aliphatic carbocycles. The highest BCUT2D eigenvalue weighted by atomic mass is 127. The van der Waals surface area contributed by atoms with E-state index in [9.17, 15) is 9.59 Å². The van der Waals surface area contributed by atoms with Gasteiger partial charge in [-0.3, -0.25) is 14.2 Å². The van der Waals surface area contributed by atoms with Gasteiger partial charge in [-0.1, -0.05) is 13.3 Å². The number of halogens is 1. The van der Waals surface area contributed by atoms with Crippen LogP contribution >= 0.6 is 22.6 Å². The molecule has 0 aromatic carbocycles. The second-order valence-electron chi connectivity index (χ2n) is 3.93. The van der Waals surface area contributed by atoms with Crippen molar-refractivity contribution in [3.8, 4) is 0 Å². The first-order chi connectivity index (χ1) is 8.04. The third kappa shape index (κ3) is 4.45. The Morgan fingerprint density at radius 3 is 3.00 bits per heavy atom. The van der Waals surface area contributed by atoms with Crippen molar-refractivity contribution in [1.82, 2.24) is 14.9 Å². The van der Waals surface area contributed by atoms with Gasteiger partial charge in [0.25, 0.3) is 5.56 Å². The van der Waals surface area contributed by atoms with Crippen LogP contribution in [-0.4, -0.2) is 21.5 Å². The highest BCUT2D eigenvalue weighted by Crippen LogP contribution is 1.96.